The molecule has 6 heteroatoms. The summed E-state index contributed by atoms with van der Waals surface area (Å²) in [4.78, 5) is 9.93. The Morgan fingerprint density at radius 2 is 0.975 bits per heavy atom. The molecule has 0 saturated carbocycles. The Bertz CT molecular complexity index is 3890. The Kier molecular flexibility index (Phi) is 14.8. The van der Waals surface area contributed by atoms with Gasteiger partial charge in [-0.15, -0.1) is 53.6 Å². The average Bonchev–Trinajstić information content (AvgIpc) is 4.25. The van der Waals surface area contributed by atoms with Crippen LogP contribution in [0.5, 0.6) is 11.5 Å². The van der Waals surface area contributed by atoms with Crippen molar-refractivity contribution in [2.75, 3.05) is 9.80 Å². The van der Waals surface area contributed by atoms with Crippen molar-refractivity contribution in [3.63, 3.8) is 0 Å². The molecule has 5 nitrogen and oxygen atoms in total. The molecular formula is C74H73N4OPt-3. The van der Waals surface area contributed by atoms with Gasteiger partial charge in [0.05, 0.1) is 0 Å². The van der Waals surface area contributed by atoms with Gasteiger partial charge >= 0.3 is 0 Å². The van der Waals surface area contributed by atoms with Gasteiger partial charge in [-0.2, -0.15) is 6.07 Å². The Morgan fingerprint density at radius 3 is 1.56 bits per heavy atom. The number of benzene rings is 8. The summed E-state index contributed by atoms with van der Waals surface area (Å²) >= 11 is 0. The summed E-state index contributed by atoms with van der Waals surface area (Å²) in [7, 11) is 0. The second kappa shape index (κ2) is 21.2. The molecule has 3 heterocycles. The van der Waals surface area contributed by atoms with E-state index in [1.54, 1.807) is 0 Å². The second-order valence-corrected chi connectivity index (χ2v) is 25.6. The van der Waals surface area contributed by atoms with Crippen LogP contribution in [0, 0.1) is 29.6 Å². The molecule has 0 fully saturated rings. The van der Waals surface area contributed by atoms with Crippen LogP contribution in [-0.4, -0.2) is 9.55 Å². The van der Waals surface area contributed by atoms with Gasteiger partial charge in [0.25, 0.3) is 0 Å². The van der Waals surface area contributed by atoms with Crippen molar-refractivity contribution in [2.45, 2.75) is 106 Å². The number of hydrogen-bond donors (Lipinski definition) is 0. The van der Waals surface area contributed by atoms with E-state index in [0.717, 1.165) is 55.7 Å². The van der Waals surface area contributed by atoms with E-state index in [-0.39, 0.29) is 42.7 Å². The third-order valence-electron chi connectivity index (χ3n) is 16.0. The number of pyridine rings is 1. The summed E-state index contributed by atoms with van der Waals surface area (Å²) in [6, 6.07) is 77.5. The van der Waals surface area contributed by atoms with E-state index in [1.165, 1.54) is 44.8 Å². The summed E-state index contributed by atoms with van der Waals surface area (Å²) < 4.78 is 9.45. The SMILES string of the molecule is CC(C)(C)C1=C(C(C)(C)C)N(c2cc(-c3ccccc3)cc(C(C)(C)C)c2)[CH-]N1c1[c-]c(Oc2[c-]c3c(cc2)c2cc(-c4ccccc4)ccc2n3-c2cc(C(C)(C)c3ccccc3)ccn2)cc(C(C)(C)c2ccccc2)c1.[Pt]. The summed E-state index contributed by atoms with van der Waals surface area (Å²) in [6.07, 6.45) is 1.94. The van der Waals surface area contributed by atoms with Gasteiger partial charge in [0.2, 0.25) is 0 Å². The Morgan fingerprint density at radius 1 is 0.412 bits per heavy atom. The zero-order valence-corrected chi connectivity index (χ0v) is 50.9. The number of aromatic nitrogens is 2. The predicted molar refractivity (Wildman–Crippen MR) is 331 cm³/mol. The van der Waals surface area contributed by atoms with Gasteiger partial charge in [-0.05, 0) is 91.1 Å². The standard InChI is InChI=1S/C74H73N4O.Pt/c1-70(2,3)57-40-53(51-28-20-15-21-29-51)41-59(43-57)76-49-77(69(72(7,8)9)68(76)71(4,5)6)60-44-58(74(12,13)55-32-24-17-25-33-55)45-62(47-60)79-61-35-36-63-64-42-52(50-26-18-14-19-27-50)34-37-65(64)78(66(63)48-61)67-46-56(38-39-75-67)73(10,11)54-30-22-16-23-31-54;/h14-46,49H,1-13H3;/q-3;. The quantitative estimate of drug-likeness (QED) is 0.121. The Hall–Kier alpha value is -7.46. The van der Waals surface area contributed by atoms with Crippen molar-refractivity contribution in [1.82, 2.24) is 9.55 Å². The average molecular weight is 1230 g/mol. The fraction of sp³-hybridized carbons (Fsp3) is 0.243. The Labute approximate surface area is 490 Å². The normalized spacial score (nSPS) is 13.6. The molecule has 1 aliphatic heterocycles. The maximum atomic E-state index is 7.20. The molecule has 80 heavy (non-hydrogen) atoms. The third-order valence-corrected chi connectivity index (χ3v) is 16.0. The second-order valence-electron chi connectivity index (χ2n) is 25.6. The van der Waals surface area contributed by atoms with Gasteiger partial charge in [0.15, 0.2) is 0 Å². The summed E-state index contributed by atoms with van der Waals surface area (Å²) in [6.45, 7) is 32.4. The van der Waals surface area contributed by atoms with Crippen molar-refractivity contribution in [2.24, 2.45) is 10.8 Å². The van der Waals surface area contributed by atoms with Crippen LogP contribution in [-0.2, 0) is 37.3 Å². The fourth-order valence-corrected chi connectivity index (χ4v) is 11.4. The van der Waals surface area contributed by atoms with Crippen molar-refractivity contribution in [3.8, 4) is 39.6 Å². The first-order valence-electron chi connectivity index (χ1n) is 27.8. The molecule has 1 aliphatic rings. The summed E-state index contributed by atoms with van der Waals surface area (Å²) in [5.74, 6) is 2.00. The first-order chi connectivity index (χ1) is 37.6. The van der Waals surface area contributed by atoms with E-state index in [9.17, 15) is 0 Å². The molecule has 0 aliphatic carbocycles. The molecular weight excluding hydrogens is 1160 g/mol. The van der Waals surface area contributed by atoms with Gasteiger partial charge in [-0.1, -0.05) is 235 Å². The first-order valence-corrected chi connectivity index (χ1v) is 27.8. The molecule has 2 aromatic heterocycles. The predicted octanol–water partition coefficient (Wildman–Crippen LogP) is 19.6. The topological polar surface area (TPSA) is 33.5 Å². The van der Waals surface area contributed by atoms with Crippen LogP contribution >= 0.6 is 0 Å². The molecule has 11 rings (SSSR count). The molecule has 0 saturated heterocycles. The summed E-state index contributed by atoms with van der Waals surface area (Å²) in [5.41, 5.74) is 15.8. The van der Waals surface area contributed by atoms with Gasteiger partial charge in [0.1, 0.15) is 5.82 Å². The number of hydrogen-bond acceptors (Lipinski definition) is 4. The zero-order chi connectivity index (χ0) is 55.6. The smallest absolute Gasteiger partial charge is 0.135 e. The number of fused-ring (bicyclic) bond motifs is 3. The van der Waals surface area contributed by atoms with Gasteiger partial charge < -0.3 is 19.1 Å². The molecule has 0 atom stereocenters. The number of anilines is 2. The zero-order valence-electron chi connectivity index (χ0n) is 48.6. The monoisotopic (exact) mass is 1230 g/mol. The molecule has 0 spiro atoms. The number of nitrogens with zero attached hydrogens (tertiary/aromatic N) is 4. The Balaban J connectivity index is 0.00000720. The van der Waals surface area contributed by atoms with Crippen molar-refractivity contribution >= 4 is 33.2 Å². The minimum atomic E-state index is -0.409. The number of rotatable bonds is 11. The van der Waals surface area contributed by atoms with Crippen molar-refractivity contribution in [3.05, 3.63) is 258 Å². The molecule has 0 radical (unpaired) electrons. The van der Waals surface area contributed by atoms with Gasteiger partial charge in [-0.3, -0.25) is 0 Å². The van der Waals surface area contributed by atoms with Crippen LogP contribution in [0.15, 0.2) is 212 Å². The van der Waals surface area contributed by atoms with Crippen LogP contribution < -0.4 is 14.5 Å². The maximum Gasteiger partial charge on any atom is 0.135 e. The van der Waals surface area contributed by atoms with Gasteiger partial charge in [0, 0.05) is 77.6 Å². The molecule has 0 bridgehead atoms. The van der Waals surface area contributed by atoms with E-state index >= 15 is 0 Å². The third kappa shape index (κ3) is 10.7. The van der Waals surface area contributed by atoms with Crippen LogP contribution in [0.4, 0.5) is 11.4 Å². The van der Waals surface area contributed by atoms with Crippen molar-refractivity contribution < 1.29 is 25.8 Å². The minimum Gasteiger partial charge on any atom is -0.509 e. The van der Waals surface area contributed by atoms with Crippen LogP contribution in [0.25, 0.3) is 49.9 Å². The molecule has 0 unspecified atom stereocenters. The first kappa shape index (κ1) is 55.8. The van der Waals surface area contributed by atoms with Crippen LogP contribution in [0.2, 0.25) is 0 Å². The minimum absolute atomic E-state index is 0. The van der Waals surface area contributed by atoms with Crippen molar-refractivity contribution in [1.29, 1.82) is 0 Å². The van der Waals surface area contributed by atoms with E-state index in [0.29, 0.717) is 11.5 Å². The van der Waals surface area contributed by atoms with E-state index in [4.69, 9.17) is 9.72 Å². The van der Waals surface area contributed by atoms with Crippen LogP contribution in [0.1, 0.15) is 118 Å². The summed E-state index contributed by atoms with van der Waals surface area (Å²) in [5, 5.41) is 2.17. The molecule has 8 aromatic carbocycles. The molecule has 10 aromatic rings. The maximum absolute atomic E-state index is 7.20. The number of allylic oxidation sites excluding steroid dienone is 2. The largest absolute Gasteiger partial charge is 0.509 e. The molecule has 0 N–H and O–H groups in total. The van der Waals surface area contributed by atoms with Gasteiger partial charge in [-0.25, -0.2) is 4.98 Å². The van der Waals surface area contributed by atoms with E-state index in [2.05, 4.69) is 317 Å². The van der Waals surface area contributed by atoms with E-state index in [1.807, 2.05) is 6.20 Å². The fourth-order valence-electron chi connectivity index (χ4n) is 11.4. The van der Waals surface area contributed by atoms with E-state index < -0.39 is 5.41 Å². The molecule has 0 amide bonds. The van der Waals surface area contributed by atoms with Crippen LogP contribution in [0.3, 0.4) is 0 Å². The number of ether oxygens (including phenoxy) is 1. The molecule has 408 valence electrons.